The van der Waals surface area contributed by atoms with Gasteiger partial charge in [-0.25, -0.2) is 0 Å². The van der Waals surface area contributed by atoms with Gasteiger partial charge < -0.3 is 20.1 Å². The van der Waals surface area contributed by atoms with Crippen molar-refractivity contribution in [1.82, 2.24) is 5.32 Å². The number of benzene rings is 1. The minimum absolute atomic E-state index is 0.594. The number of halogens is 1. The van der Waals surface area contributed by atoms with E-state index in [1.165, 1.54) is 12.8 Å². The second-order valence-electron chi connectivity index (χ2n) is 4.76. The Morgan fingerprint density at radius 3 is 2.53 bits per heavy atom. The predicted octanol–water partition coefficient (Wildman–Crippen LogP) is 2.77. The Hall–Kier alpha value is -1.13. The molecular formula is C14H21ClN2O2. The molecule has 0 unspecified atom stereocenters. The van der Waals surface area contributed by atoms with Gasteiger partial charge in [0.05, 0.1) is 24.9 Å². The average molecular weight is 285 g/mol. The molecule has 1 aromatic rings. The van der Waals surface area contributed by atoms with E-state index >= 15 is 0 Å². The molecule has 1 aromatic carbocycles. The first-order chi connectivity index (χ1) is 9.24. The van der Waals surface area contributed by atoms with Gasteiger partial charge in [-0.2, -0.15) is 0 Å². The number of anilines is 1. The topological polar surface area (TPSA) is 42.5 Å². The van der Waals surface area contributed by atoms with Crippen LogP contribution in [-0.4, -0.2) is 33.9 Å². The molecule has 1 saturated heterocycles. The van der Waals surface area contributed by atoms with Gasteiger partial charge in [0, 0.05) is 12.6 Å². The van der Waals surface area contributed by atoms with Crippen LogP contribution in [-0.2, 0) is 0 Å². The summed E-state index contributed by atoms with van der Waals surface area (Å²) < 4.78 is 10.6. The third kappa shape index (κ3) is 3.67. The van der Waals surface area contributed by atoms with Crippen LogP contribution in [0.4, 0.5) is 5.69 Å². The van der Waals surface area contributed by atoms with E-state index in [4.69, 9.17) is 21.1 Å². The molecule has 2 rings (SSSR count). The zero-order valence-corrected chi connectivity index (χ0v) is 12.2. The Morgan fingerprint density at radius 1 is 1.21 bits per heavy atom. The maximum absolute atomic E-state index is 6.15. The number of methoxy groups -OCH3 is 2. The van der Waals surface area contributed by atoms with E-state index < -0.39 is 0 Å². The van der Waals surface area contributed by atoms with Crippen molar-refractivity contribution in [3.8, 4) is 11.5 Å². The van der Waals surface area contributed by atoms with Gasteiger partial charge in [0.15, 0.2) is 0 Å². The molecule has 1 fully saturated rings. The molecular weight excluding hydrogens is 264 g/mol. The summed E-state index contributed by atoms with van der Waals surface area (Å²) in [5.41, 5.74) is 0.923. The summed E-state index contributed by atoms with van der Waals surface area (Å²) in [6.07, 6.45) is 2.42. The maximum atomic E-state index is 6.15. The van der Waals surface area contributed by atoms with Crippen molar-refractivity contribution in [3.63, 3.8) is 0 Å². The summed E-state index contributed by atoms with van der Waals surface area (Å²) >= 11 is 6.15. The van der Waals surface area contributed by atoms with Crippen LogP contribution in [0.2, 0.25) is 5.02 Å². The van der Waals surface area contributed by atoms with Gasteiger partial charge >= 0.3 is 0 Å². The summed E-state index contributed by atoms with van der Waals surface area (Å²) in [4.78, 5) is 0. The molecule has 0 aromatic heterocycles. The van der Waals surface area contributed by atoms with Crippen molar-refractivity contribution in [3.05, 3.63) is 17.2 Å². The maximum Gasteiger partial charge on any atom is 0.145 e. The first kappa shape index (κ1) is 14.3. The van der Waals surface area contributed by atoms with E-state index in [9.17, 15) is 0 Å². The average Bonchev–Trinajstić information content (AvgIpc) is 2.46. The molecule has 0 aliphatic carbocycles. The molecule has 106 valence electrons. The van der Waals surface area contributed by atoms with Crippen LogP contribution >= 0.6 is 11.6 Å². The third-order valence-electron chi connectivity index (χ3n) is 3.51. The molecule has 0 radical (unpaired) electrons. The summed E-state index contributed by atoms with van der Waals surface area (Å²) in [5, 5.41) is 7.40. The van der Waals surface area contributed by atoms with Crippen LogP contribution in [0.5, 0.6) is 11.5 Å². The lowest BCUT2D eigenvalue weighted by molar-refractivity contribution is 0.385. The molecule has 0 spiro atoms. The smallest absolute Gasteiger partial charge is 0.145 e. The molecule has 2 N–H and O–H groups in total. The normalized spacial score (nSPS) is 16.2. The van der Waals surface area contributed by atoms with Gasteiger partial charge in [-0.1, -0.05) is 11.6 Å². The first-order valence-electron chi connectivity index (χ1n) is 6.60. The Kier molecular flexibility index (Phi) is 5.16. The highest BCUT2D eigenvalue weighted by molar-refractivity contribution is 6.32. The zero-order chi connectivity index (χ0) is 13.7. The van der Waals surface area contributed by atoms with Crippen LogP contribution in [0.1, 0.15) is 12.8 Å². The largest absolute Gasteiger partial charge is 0.495 e. The van der Waals surface area contributed by atoms with Gasteiger partial charge in [-0.3, -0.25) is 0 Å². The van der Waals surface area contributed by atoms with Gasteiger partial charge in [-0.15, -0.1) is 0 Å². The molecule has 5 heteroatoms. The fraction of sp³-hybridized carbons (Fsp3) is 0.571. The van der Waals surface area contributed by atoms with Crippen LogP contribution in [0.15, 0.2) is 12.1 Å². The molecule has 1 heterocycles. The second kappa shape index (κ2) is 6.87. The quantitative estimate of drug-likeness (QED) is 0.872. The van der Waals surface area contributed by atoms with Crippen molar-refractivity contribution in [2.24, 2.45) is 5.92 Å². The molecule has 1 aliphatic heterocycles. The van der Waals surface area contributed by atoms with Gasteiger partial charge in [0.25, 0.3) is 0 Å². The Bertz CT molecular complexity index is 420. The molecule has 1 aliphatic rings. The molecule has 4 nitrogen and oxygen atoms in total. The van der Waals surface area contributed by atoms with Crippen LogP contribution in [0, 0.1) is 5.92 Å². The van der Waals surface area contributed by atoms with E-state index in [0.717, 1.165) is 31.1 Å². The fourth-order valence-electron chi connectivity index (χ4n) is 2.34. The number of ether oxygens (including phenoxy) is 2. The van der Waals surface area contributed by atoms with Gasteiger partial charge in [0.1, 0.15) is 11.5 Å². The summed E-state index contributed by atoms with van der Waals surface area (Å²) in [5.74, 6) is 2.09. The minimum atomic E-state index is 0.594. The highest BCUT2D eigenvalue weighted by Gasteiger charge is 2.15. The number of rotatable bonds is 5. The van der Waals surface area contributed by atoms with Crippen LogP contribution in [0.25, 0.3) is 0 Å². The standard InChI is InChI=1S/C14H21ClN2O2/c1-18-13-8-14(19-2)12(7-11(13)15)17-9-10-3-5-16-6-4-10/h7-8,10,16-17H,3-6,9H2,1-2H3. The second-order valence-corrected chi connectivity index (χ2v) is 5.17. The third-order valence-corrected chi connectivity index (χ3v) is 3.81. The van der Waals surface area contributed by atoms with E-state index in [-0.39, 0.29) is 0 Å². The Balaban J connectivity index is 2.04. The fourth-order valence-corrected chi connectivity index (χ4v) is 2.58. The zero-order valence-electron chi connectivity index (χ0n) is 11.5. The molecule has 0 atom stereocenters. The summed E-state index contributed by atoms with van der Waals surface area (Å²) in [7, 11) is 3.25. The van der Waals surface area contributed by atoms with Crippen molar-refractivity contribution in [1.29, 1.82) is 0 Å². The number of nitrogens with one attached hydrogen (secondary N) is 2. The van der Waals surface area contributed by atoms with Crippen molar-refractivity contribution in [2.75, 3.05) is 39.2 Å². The Labute approximate surface area is 119 Å². The SMILES string of the molecule is COc1cc(OC)c(NCC2CCNCC2)cc1Cl. The van der Waals surface area contributed by atoms with Crippen LogP contribution in [0.3, 0.4) is 0 Å². The van der Waals surface area contributed by atoms with Gasteiger partial charge in [-0.05, 0) is 37.9 Å². The minimum Gasteiger partial charge on any atom is -0.495 e. The Morgan fingerprint density at radius 2 is 1.89 bits per heavy atom. The van der Waals surface area contributed by atoms with E-state index in [1.54, 1.807) is 14.2 Å². The highest BCUT2D eigenvalue weighted by Crippen LogP contribution is 2.36. The lowest BCUT2D eigenvalue weighted by atomic mass is 9.98. The lowest BCUT2D eigenvalue weighted by Crippen LogP contribution is -2.31. The van der Waals surface area contributed by atoms with Crippen molar-refractivity contribution in [2.45, 2.75) is 12.8 Å². The van der Waals surface area contributed by atoms with Crippen molar-refractivity contribution < 1.29 is 9.47 Å². The molecule has 0 bridgehead atoms. The molecule has 0 saturated carbocycles. The van der Waals surface area contributed by atoms with Gasteiger partial charge in [0.2, 0.25) is 0 Å². The number of piperidine rings is 1. The lowest BCUT2D eigenvalue weighted by Gasteiger charge is -2.24. The predicted molar refractivity (Wildman–Crippen MR) is 78.6 cm³/mol. The van der Waals surface area contributed by atoms with E-state index in [2.05, 4.69) is 10.6 Å². The molecule has 19 heavy (non-hydrogen) atoms. The van der Waals surface area contributed by atoms with E-state index in [0.29, 0.717) is 16.7 Å². The van der Waals surface area contributed by atoms with E-state index in [1.807, 2.05) is 12.1 Å². The highest BCUT2D eigenvalue weighted by atomic mass is 35.5. The van der Waals surface area contributed by atoms with Crippen molar-refractivity contribution >= 4 is 17.3 Å². The summed E-state index contributed by atoms with van der Waals surface area (Å²) in [6.45, 7) is 3.15. The van der Waals surface area contributed by atoms with Crippen LogP contribution < -0.4 is 20.1 Å². The number of hydrogen-bond donors (Lipinski definition) is 2. The number of hydrogen-bond acceptors (Lipinski definition) is 4. The monoisotopic (exact) mass is 284 g/mol. The molecule has 0 amide bonds. The first-order valence-corrected chi connectivity index (χ1v) is 6.98. The summed E-state index contributed by atoms with van der Waals surface area (Å²) in [6, 6.07) is 3.67.